The van der Waals surface area contributed by atoms with Gasteiger partial charge in [-0.05, 0) is 37.5 Å². The van der Waals surface area contributed by atoms with Crippen molar-refractivity contribution in [2.45, 2.75) is 32.6 Å². The third-order valence-corrected chi connectivity index (χ3v) is 2.93. The van der Waals surface area contributed by atoms with E-state index < -0.39 is 0 Å². The Kier molecular flexibility index (Phi) is 3.57. The van der Waals surface area contributed by atoms with E-state index in [9.17, 15) is 9.59 Å². The Balaban J connectivity index is 1.78. The number of nitrogens with one attached hydrogen (secondary N) is 1. The van der Waals surface area contributed by atoms with Crippen LogP contribution in [0.15, 0.2) is 24.3 Å². The number of anilines is 1. The number of carbonyl (C=O) groups is 2. The van der Waals surface area contributed by atoms with Crippen molar-refractivity contribution < 1.29 is 9.59 Å². The normalized spacial score (nSPS) is 14.4. The predicted molar refractivity (Wildman–Crippen MR) is 66.8 cm³/mol. The van der Waals surface area contributed by atoms with Gasteiger partial charge in [-0.1, -0.05) is 12.1 Å². The zero-order chi connectivity index (χ0) is 12.3. The zero-order valence-corrected chi connectivity index (χ0v) is 10.0. The second-order valence-corrected chi connectivity index (χ2v) is 4.66. The second kappa shape index (κ2) is 5.13. The van der Waals surface area contributed by atoms with Crippen molar-refractivity contribution in [1.29, 1.82) is 0 Å². The first-order chi connectivity index (χ1) is 8.15. The van der Waals surface area contributed by atoms with Crippen LogP contribution in [-0.4, -0.2) is 11.7 Å². The average Bonchev–Trinajstić information content (AvgIpc) is 3.09. The van der Waals surface area contributed by atoms with Crippen molar-refractivity contribution in [3.63, 3.8) is 0 Å². The van der Waals surface area contributed by atoms with Gasteiger partial charge in [0.25, 0.3) is 0 Å². The van der Waals surface area contributed by atoms with E-state index in [2.05, 4.69) is 5.32 Å². The van der Waals surface area contributed by atoms with Crippen LogP contribution in [0.2, 0.25) is 0 Å². The lowest BCUT2D eigenvalue weighted by atomic mass is 10.1. The van der Waals surface area contributed by atoms with Crippen LogP contribution >= 0.6 is 0 Å². The molecule has 1 aliphatic rings. The highest BCUT2D eigenvalue weighted by Crippen LogP contribution is 2.31. The lowest BCUT2D eigenvalue weighted by molar-refractivity contribution is -0.123. The summed E-state index contributed by atoms with van der Waals surface area (Å²) in [5, 5.41) is 2.81. The maximum absolute atomic E-state index is 11.6. The topological polar surface area (TPSA) is 46.2 Å². The predicted octanol–water partition coefficient (Wildman–Crippen LogP) is 2.69. The summed E-state index contributed by atoms with van der Waals surface area (Å²) in [5.74, 6) is 0.413. The Hall–Kier alpha value is -1.64. The van der Waals surface area contributed by atoms with Crippen LogP contribution in [-0.2, 0) is 9.59 Å². The van der Waals surface area contributed by atoms with Gasteiger partial charge in [-0.15, -0.1) is 0 Å². The number of benzene rings is 1. The summed E-state index contributed by atoms with van der Waals surface area (Å²) in [7, 11) is 0. The van der Waals surface area contributed by atoms with E-state index in [0.29, 0.717) is 12.8 Å². The van der Waals surface area contributed by atoms with Crippen molar-refractivity contribution in [3.8, 4) is 0 Å². The smallest absolute Gasteiger partial charge is 0.224 e. The molecule has 0 radical (unpaired) electrons. The maximum Gasteiger partial charge on any atom is 0.224 e. The Morgan fingerprint density at radius 2 is 2.06 bits per heavy atom. The van der Waals surface area contributed by atoms with Crippen LogP contribution in [0.25, 0.3) is 0 Å². The standard InChI is InChI=1S/C14H17NO2/c1-10-3-2-4-12(9-10)15-14(17)8-7-13(16)11-5-6-11/h2-4,9,11H,5-8H2,1H3,(H,15,17). The lowest BCUT2D eigenvalue weighted by Gasteiger charge is -2.05. The van der Waals surface area contributed by atoms with Crippen LogP contribution in [0, 0.1) is 12.8 Å². The minimum absolute atomic E-state index is 0.0791. The molecule has 0 bridgehead atoms. The number of hydrogen-bond donors (Lipinski definition) is 1. The molecule has 0 aromatic heterocycles. The number of rotatable bonds is 5. The van der Waals surface area contributed by atoms with Crippen molar-refractivity contribution in [1.82, 2.24) is 0 Å². The fourth-order valence-corrected chi connectivity index (χ4v) is 1.79. The molecule has 1 amide bonds. The number of hydrogen-bond acceptors (Lipinski definition) is 2. The summed E-state index contributed by atoms with van der Waals surface area (Å²) < 4.78 is 0. The van der Waals surface area contributed by atoms with E-state index in [1.165, 1.54) is 0 Å². The molecule has 1 aromatic rings. The number of aryl methyl sites for hydroxylation is 1. The van der Waals surface area contributed by atoms with Gasteiger partial charge in [-0.2, -0.15) is 0 Å². The van der Waals surface area contributed by atoms with Crippen molar-refractivity contribution >= 4 is 17.4 Å². The molecular weight excluding hydrogens is 214 g/mol. The van der Waals surface area contributed by atoms with Crippen LogP contribution < -0.4 is 5.32 Å². The molecule has 1 fully saturated rings. The Bertz CT molecular complexity index is 436. The molecule has 0 saturated heterocycles. The van der Waals surface area contributed by atoms with Gasteiger partial charge in [0.15, 0.2) is 0 Å². The summed E-state index contributed by atoms with van der Waals surface area (Å²) in [6.45, 7) is 1.98. The van der Waals surface area contributed by atoms with Crippen molar-refractivity contribution in [3.05, 3.63) is 29.8 Å². The molecule has 90 valence electrons. The first kappa shape index (κ1) is 11.8. The van der Waals surface area contributed by atoms with Gasteiger partial charge in [-0.3, -0.25) is 9.59 Å². The highest BCUT2D eigenvalue weighted by atomic mass is 16.2. The third kappa shape index (κ3) is 3.70. The minimum Gasteiger partial charge on any atom is -0.326 e. The van der Waals surface area contributed by atoms with Gasteiger partial charge in [0.05, 0.1) is 0 Å². The summed E-state index contributed by atoms with van der Waals surface area (Å²) in [6, 6.07) is 7.65. The van der Waals surface area contributed by atoms with Gasteiger partial charge in [0.2, 0.25) is 5.91 Å². The molecule has 1 aromatic carbocycles. The molecule has 2 rings (SSSR count). The monoisotopic (exact) mass is 231 g/mol. The molecule has 0 unspecified atom stereocenters. The highest BCUT2D eigenvalue weighted by Gasteiger charge is 2.29. The van der Waals surface area contributed by atoms with Gasteiger partial charge >= 0.3 is 0 Å². The number of carbonyl (C=O) groups excluding carboxylic acids is 2. The zero-order valence-electron chi connectivity index (χ0n) is 10.0. The number of ketones is 1. The molecular formula is C14H17NO2. The maximum atomic E-state index is 11.6. The van der Waals surface area contributed by atoms with E-state index in [4.69, 9.17) is 0 Å². The summed E-state index contributed by atoms with van der Waals surface area (Å²) in [4.78, 5) is 23.0. The van der Waals surface area contributed by atoms with Gasteiger partial charge in [0, 0.05) is 24.4 Å². The van der Waals surface area contributed by atoms with Crippen molar-refractivity contribution in [2.75, 3.05) is 5.32 Å². The van der Waals surface area contributed by atoms with Crippen LogP contribution in [0.4, 0.5) is 5.69 Å². The summed E-state index contributed by atoms with van der Waals surface area (Å²) >= 11 is 0. The molecule has 1 aliphatic carbocycles. The number of amides is 1. The summed E-state index contributed by atoms with van der Waals surface area (Å²) in [5.41, 5.74) is 1.91. The second-order valence-electron chi connectivity index (χ2n) is 4.66. The van der Waals surface area contributed by atoms with E-state index in [1.54, 1.807) is 0 Å². The largest absolute Gasteiger partial charge is 0.326 e. The van der Waals surface area contributed by atoms with Crippen LogP contribution in [0.1, 0.15) is 31.2 Å². The molecule has 0 atom stereocenters. The SMILES string of the molecule is Cc1cccc(NC(=O)CCC(=O)C2CC2)c1. The van der Waals surface area contributed by atoms with E-state index in [0.717, 1.165) is 24.1 Å². The Labute approximate surface area is 101 Å². The third-order valence-electron chi connectivity index (χ3n) is 2.93. The first-order valence-corrected chi connectivity index (χ1v) is 6.04. The van der Waals surface area contributed by atoms with E-state index >= 15 is 0 Å². The Morgan fingerprint density at radius 3 is 2.71 bits per heavy atom. The van der Waals surface area contributed by atoms with Gasteiger partial charge < -0.3 is 5.32 Å². The fourth-order valence-electron chi connectivity index (χ4n) is 1.79. The molecule has 0 aliphatic heterocycles. The van der Waals surface area contributed by atoms with Crippen LogP contribution in [0.3, 0.4) is 0 Å². The quantitative estimate of drug-likeness (QED) is 0.846. The molecule has 1 N–H and O–H groups in total. The number of Topliss-reactive ketones (excluding diaryl/α,β-unsaturated/α-hetero) is 1. The first-order valence-electron chi connectivity index (χ1n) is 6.04. The molecule has 17 heavy (non-hydrogen) atoms. The Morgan fingerprint density at radius 1 is 1.29 bits per heavy atom. The minimum atomic E-state index is -0.0791. The molecule has 3 nitrogen and oxygen atoms in total. The highest BCUT2D eigenvalue weighted by molar-refractivity contribution is 5.94. The molecule has 0 heterocycles. The van der Waals surface area contributed by atoms with Crippen LogP contribution in [0.5, 0.6) is 0 Å². The van der Waals surface area contributed by atoms with Gasteiger partial charge in [0.1, 0.15) is 5.78 Å². The van der Waals surface area contributed by atoms with Gasteiger partial charge in [-0.25, -0.2) is 0 Å². The van der Waals surface area contributed by atoms with E-state index in [1.807, 2.05) is 31.2 Å². The summed E-state index contributed by atoms with van der Waals surface area (Å²) in [6.07, 6.45) is 2.70. The van der Waals surface area contributed by atoms with Crippen molar-refractivity contribution in [2.24, 2.45) is 5.92 Å². The fraction of sp³-hybridized carbons (Fsp3) is 0.429. The molecule has 1 saturated carbocycles. The van der Waals surface area contributed by atoms with E-state index in [-0.39, 0.29) is 17.6 Å². The molecule has 0 spiro atoms. The average molecular weight is 231 g/mol. The molecule has 3 heteroatoms. The lowest BCUT2D eigenvalue weighted by Crippen LogP contribution is -2.13.